The lowest BCUT2D eigenvalue weighted by Gasteiger charge is -2.16. The summed E-state index contributed by atoms with van der Waals surface area (Å²) in [6.07, 6.45) is 0. The molecule has 2 N–H and O–H groups in total. The van der Waals surface area contributed by atoms with Crippen molar-refractivity contribution in [3.63, 3.8) is 0 Å². The van der Waals surface area contributed by atoms with Crippen molar-refractivity contribution < 1.29 is 18.9 Å². The summed E-state index contributed by atoms with van der Waals surface area (Å²) in [7, 11) is 6.60. The van der Waals surface area contributed by atoms with Gasteiger partial charge in [0.2, 0.25) is 0 Å². The number of anilines is 1. The minimum atomic E-state index is 0.543. The zero-order valence-corrected chi connectivity index (χ0v) is 16.5. The summed E-state index contributed by atoms with van der Waals surface area (Å²) in [6, 6.07) is 11.3. The molecule has 0 aromatic heterocycles. The van der Waals surface area contributed by atoms with Crippen molar-refractivity contribution in [2.75, 3.05) is 40.3 Å². The Kier molecular flexibility index (Phi) is 7.61. The Morgan fingerprint density at radius 2 is 1.70 bits per heavy atom. The predicted octanol–water partition coefficient (Wildman–Crippen LogP) is 3.30. The Hall–Kier alpha value is -3.09. The number of hydrogen-bond acceptors (Lipinski definition) is 5. The fourth-order valence-corrected chi connectivity index (χ4v) is 2.51. The maximum Gasteiger partial charge on any atom is 0.195 e. The van der Waals surface area contributed by atoms with Crippen LogP contribution in [0.3, 0.4) is 0 Å². The van der Waals surface area contributed by atoms with Gasteiger partial charge in [-0.2, -0.15) is 0 Å². The summed E-state index contributed by atoms with van der Waals surface area (Å²) in [5, 5.41) is 6.51. The molecule has 0 spiro atoms. The lowest BCUT2D eigenvalue weighted by atomic mass is 10.2. The van der Waals surface area contributed by atoms with Crippen LogP contribution in [0.5, 0.6) is 23.0 Å². The number of ether oxygens (including phenoxy) is 4. The van der Waals surface area contributed by atoms with Crippen LogP contribution >= 0.6 is 0 Å². The third-order valence-corrected chi connectivity index (χ3v) is 3.89. The maximum atomic E-state index is 5.54. The number of rotatable bonds is 8. The molecular formula is C20H27N3O4. The quantitative estimate of drug-likeness (QED) is 0.546. The zero-order valence-electron chi connectivity index (χ0n) is 16.5. The molecule has 7 nitrogen and oxygen atoms in total. The Balaban J connectivity index is 2.06. The van der Waals surface area contributed by atoms with Gasteiger partial charge in [0.25, 0.3) is 0 Å². The molecule has 2 aromatic rings. The van der Waals surface area contributed by atoms with Crippen LogP contribution in [-0.4, -0.2) is 40.9 Å². The molecule has 0 radical (unpaired) electrons. The van der Waals surface area contributed by atoms with Gasteiger partial charge in [0.15, 0.2) is 17.5 Å². The minimum Gasteiger partial charge on any atom is -0.497 e. The topological polar surface area (TPSA) is 73.3 Å². The fraction of sp³-hybridized carbons (Fsp3) is 0.350. The molecule has 0 saturated heterocycles. The molecule has 0 aliphatic rings. The van der Waals surface area contributed by atoms with Crippen molar-refractivity contribution in [2.24, 2.45) is 4.99 Å². The number of nitrogens with zero attached hydrogens (tertiary/aromatic N) is 1. The van der Waals surface area contributed by atoms with Gasteiger partial charge in [0.1, 0.15) is 11.5 Å². The first-order chi connectivity index (χ1) is 13.1. The molecule has 0 fully saturated rings. The number of nitrogens with one attached hydrogen (secondary N) is 2. The molecule has 0 aliphatic heterocycles. The molecule has 27 heavy (non-hydrogen) atoms. The number of aliphatic imine (C=N–C) groups is 1. The molecule has 0 saturated carbocycles. The summed E-state index contributed by atoms with van der Waals surface area (Å²) >= 11 is 0. The first-order valence-corrected chi connectivity index (χ1v) is 8.64. The maximum absolute atomic E-state index is 5.54. The molecule has 0 amide bonds. The second-order valence-electron chi connectivity index (χ2n) is 5.53. The zero-order chi connectivity index (χ0) is 19.6. The smallest absolute Gasteiger partial charge is 0.195 e. The summed E-state index contributed by atoms with van der Waals surface area (Å²) < 4.78 is 21.6. The molecule has 0 unspecified atom stereocenters. The fourth-order valence-electron chi connectivity index (χ4n) is 2.51. The molecule has 0 atom stereocenters. The van der Waals surface area contributed by atoms with Crippen LogP contribution in [0.4, 0.5) is 5.69 Å². The van der Waals surface area contributed by atoms with Gasteiger partial charge in [-0.3, -0.25) is 4.99 Å². The lowest BCUT2D eigenvalue weighted by Crippen LogP contribution is -2.30. The van der Waals surface area contributed by atoms with Crippen LogP contribution in [0.25, 0.3) is 0 Å². The van der Waals surface area contributed by atoms with E-state index in [1.807, 2.05) is 43.3 Å². The highest BCUT2D eigenvalue weighted by Crippen LogP contribution is 2.30. The average molecular weight is 373 g/mol. The van der Waals surface area contributed by atoms with Gasteiger partial charge in [-0.1, -0.05) is 0 Å². The van der Waals surface area contributed by atoms with Crippen molar-refractivity contribution >= 4 is 11.6 Å². The number of methoxy groups -OCH3 is 3. The van der Waals surface area contributed by atoms with Gasteiger partial charge < -0.3 is 29.6 Å². The summed E-state index contributed by atoms with van der Waals surface area (Å²) in [5.74, 6) is 3.49. The third-order valence-electron chi connectivity index (χ3n) is 3.89. The van der Waals surface area contributed by atoms with E-state index < -0.39 is 0 Å². The number of hydrogen-bond donors (Lipinski definition) is 2. The Bertz CT molecular complexity index is 778. The predicted molar refractivity (Wildman–Crippen MR) is 108 cm³/mol. The van der Waals surface area contributed by atoms with E-state index in [9.17, 15) is 0 Å². The summed E-state index contributed by atoms with van der Waals surface area (Å²) in [6.45, 7) is 3.06. The third kappa shape index (κ3) is 5.44. The second-order valence-corrected chi connectivity index (χ2v) is 5.53. The van der Waals surface area contributed by atoms with Gasteiger partial charge >= 0.3 is 0 Å². The van der Waals surface area contributed by atoms with Gasteiger partial charge in [-0.05, 0) is 31.2 Å². The van der Waals surface area contributed by atoms with E-state index in [0.29, 0.717) is 30.6 Å². The van der Waals surface area contributed by atoms with Crippen LogP contribution in [0.1, 0.15) is 12.5 Å². The minimum absolute atomic E-state index is 0.543. The highest BCUT2D eigenvalue weighted by molar-refractivity contribution is 5.93. The van der Waals surface area contributed by atoms with E-state index in [-0.39, 0.29) is 0 Å². The number of guanidine groups is 1. The Morgan fingerprint density at radius 1 is 0.926 bits per heavy atom. The van der Waals surface area contributed by atoms with Crippen LogP contribution in [0, 0.1) is 0 Å². The highest BCUT2D eigenvalue weighted by atomic mass is 16.5. The second kappa shape index (κ2) is 10.2. The van der Waals surface area contributed by atoms with Gasteiger partial charge in [-0.15, -0.1) is 0 Å². The van der Waals surface area contributed by atoms with Crippen molar-refractivity contribution in [1.29, 1.82) is 0 Å². The van der Waals surface area contributed by atoms with Crippen molar-refractivity contribution in [2.45, 2.75) is 13.5 Å². The van der Waals surface area contributed by atoms with E-state index in [4.69, 9.17) is 18.9 Å². The molecule has 0 aliphatic carbocycles. The summed E-state index contributed by atoms with van der Waals surface area (Å²) in [5.41, 5.74) is 1.83. The molecule has 0 heterocycles. The van der Waals surface area contributed by atoms with Crippen LogP contribution in [-0.2, 0) is 6.54 Å². The first-order valence-electron chi connectivity index (χ1n) is 8.64. The van der Waals surface area contributed by atoms with E-state index >= 15 is 0 Å². The molecule has 2 aromatic carbocycles. The average Bonchev–Trinajstić information content (AvgIpc) is 2.71. The molecule has 146 valence electrons. The van der Waals surface area contributed by atoms with Crippen LogP contribution in [0.2, 0.25) is 0 Å². The van der Waals surface area contributed by atoms with Crippen LogP contribution < -0.4 is 29.6 Å². The van der Waals surface area contributed by atoms with E-state index in [0.717, 1.165) is 22.7 Å². The Morgan fingerprint density at radius 3 is 2.33 bits per heavy atom. The Labute approximate surface area is 160 Å². The largest absolute Gasteiger partial charge is 0.497 e. The highest BCUT2D eigenvalue weighted by Gasteiger charge is 2.09. The summed E-state index contributed by atoms with van der Waals surface area (Å²) in [4.78, 5) is 4.26. The molecular weight excluding hydrogens is 346 g/mol. The van der Waals surface area contributed by atoms with E-state index in [1.54, 1.807) is 28.4 Å². The standard InChI is InChI=1S/C20H27N3O4/c1-6-27-17-10-8-15(11-19(17)26-5)23-20(21-2)22-13-14-7-9-16(24-3)12-18(14)25-4/h7-12H,6,13H2,1-5H3,(H2,21,22,23). The van der Waals surface area contributed by atoms with Gasteiger partial charge in [0, 0.05) is 37.0 Å². The van der Waals surface area contributed by atoms with Crippen molar-refractivity contribution in [3.8, 4) is 23.0 Å². The van der Waals surface area contributed by atoms with E-state index in [2.05, 4.69) is 15.6 Å². The molecule has 7 heteroatoms. The van der Waals surface area contributed by atoms with Gasteiger partial charge in [-0.25, -0.2) is 0 Å². The van der Waals surface area contributed by atoms with Gasteiger partial charge in [0.05, 0.1) is 27.9 Å². The van der Waals surface area contributed by atoms with Crippen molar-refractivity contribution in [3.05, 3.63) is 42.0 Å². The van der Waals surface area contributed by atoms with Crippen LogP contribution in [0.15, 0.2) is 41.4 Å². The van der Waals surface area contributed by atoms with Crippen molar-refractivity contribution in [1.82, 2.24) is 5.32 Å². The molecule has 2 rings (SSSR count). The number of benzene rings is 2. The lowest BCUT2D eigenvalue weighted by molar-refractivity contribution is 0.311. The van der Waals surface area contributed by atoms with E-state index in [1.165, 1.54) is 0 Å². The first kappa shape index (κ1) is 20.2. The molecule has 0 bridgehead atoms. The SMILES string of the molecule is CCOc1ccc(NC(=NC)NCc2ccc(OC)cc2OC)cc1OC. The monoisotopic (exact) mass is 373 g/mol. The normalized spacial score (nSPS) is 10.9.